The normalized spacial score (nSPS) is 10.4. The van der Waals surface area contributed by atoms with Gasteiger partial charge in [-0.05, 0) is 49.1 Å². The van der Waals surface area contributed by atoms with E-state index in [0.717, 1.165) is 29.7 Å². The maximum Gasteiger partial charge on any atom is 0.122 e. The van der Waals surface area contributed by atoms with Crippen molar-refractivity contribution in [2.45, 2.75) is 19.8 Å². The number of aryl methyl sites for hydroxylation is 2. The van der Waals surface area contributed by atoms with Gasteiger partial charge in [0.2, 0.25) is 0 Å². The summed E-state index contributed by atoms with van der Waals surface area (Å²) in [5, 5.41) is 19.4. The Morgan fingerprint density at radius 2 is 1.63 bits per heavy atom. The molecule has 0 aliphatic carbocycles. The molecule has 2 aromatic carbocycles. The van der Waals surface area contributed by atoms with Crippen LogP contribution in [0.2, 0.25) is 0 Å². The van der Waals surface area contributed by atoms with Crippen molar-refractivity contribution in [2.24, 2.45) is 0 Å². The molecule has 0 saturated heterocycles. The van der Waals surface area contributed by atoms with Gasteiger partial charge in [-0.3, -0.25) is 0 Å². The second kappa shape index (κ2) is 5.65. The number of aromatic hydroxyl groups is 2. The number of methoxy groups -OCH3 is 1. The van der Waals surface area contributed by atoms with E-state index in [0.29, 0.717) is 5.56 Å². The number of para-hydroxylation sites is 1. The first kappa shape index (κ1) is 13.3. The predicted molar refractivity (Wildman–Crippen MR) is 74.9 cm³/mol. The molecule has 0 amide bonds. The molecule has 2 rings (SSSR count). The molecular weight excluding hydrogens is 240 g/mol. The average Bonchev–Trinajstić information content (AvgIpc) is 2.42. The van der Waals surface area contributed by atoms with Crippen LogP contribution in [0.4, 0.5) is 0 Å². The van der Waals surface area contributed by atoms with Gasteiger partial charge in [0.25, 0.3) is 0 Å². The van der Waals surface area contributed by atoms with E-state index >= 15 is 0 Å². The average molecular weight is 258 g/mol. The minimum absolute atomic E-state index is 0.134. The minimum Gasteiger partial charge on any atom is -0.508 e. The van der Waals surface area contributed by atoms with E-state index < -0.39 is 0 Å². The second-order valence-electron chi connectivity index (χ2n) is 4.57. The maximum absolute atomic E-state index is 9.69. The Morgan fingerprint density at radius 1 is 1.00 bits per heavy atom. The molecule has 3 nitrogen and oxygen atoms in total. The lowest BCUT2D eigenvalue weighted by molar-refractivity contribution is 0.409. The molecule has 3 heteroatoms. The summed E-state index contributed by atoms with van der Waals surface area (Å²) in [5.74, 6) is 1.13. The number of ether oxygens (including phenoxy) is 1. The van der Waals surface area contributed by atoms with E-state index in [9.17, 15) is 10.2 Å². The first-order valence-corrected chi connectivity index (χ1v) is 6.25. The first-order chi connectivity index (χ1) is 9.11. The lowest BCUT2D eigenvalue weighted by Crippen LogP contribution is -1.95. The quantitative estimate of drug-likeness (QED) is 0.885. The molecule has 0 aromatic heterocycles. The monoisotopic (exact) mass is 258 g/mol. The zero-order chi connectivity index (χ0) is 13.8. The third-order valence-electron chi connectivity index (χ3n) is 3.29. The SMILES string of the molecule is COc1ccccc1CCc1cc(O)c(C)c(O)c1. The minimum atomic E-state index is 0.134. The third-order valence-corrected chi connectivity index (χ3v) is 3.29. The summed E-state index contributed by atoms with van der Waals surface area (Å²) in [6.07, 6.45) is 1.54. The smallest absolute Gasteiger partial charge is 0.122 e. The van der Waals surface area contributed by atoms with Crippen LogP contribution in [-0.4, -0.2) is 17.3 Å². The summed E-state index contributed by atoms with van der Waals surface area (Å²) in [6.45, 7) is 1.69. The molecule has 2 aromatic rings. The van der Waals surface area contributed by atoms with Gasteiger partial charge in [-0.25, -0.2) is 0 Å². The van der Waals surface area contributed by atoms with Crippen molar-refractivity contribution >= 4 is 0 Å². The summed E-state index contributed by atoms with van der Waals surface area (Å²) in [4.78, 5) is 0. The van der Waals surface area contributed by atoms with Crippen LogP contribution in [0.15, 0.2) is 36.4 Å². The number of hydrogen-bond donors (Lipinski definition) is 2. The molecule has 2 N–H and O–H groups in total. The van der Waals surface area contributed by atoms with Crippen LogP contribution < -0.4 is 4.74 Å². The topological polar surface area (TPSA) is 49.7 Å². The molecule has 0 aliphatic heterocycles. The van der Waals surface area contributed by atoms with Crippen LogP contribution in [0, 0.1) is 6.92 Å². The Morgan fingerprint density at radius 3 is 2.26 bits per heavy atom. The van der Waals surface area contributed by atoms with Gasteiger partial charge in [0.15, 0.2) is 0 Å². The number of phenolic OH excluding ortho intramolecular Hbond substituents is 2. The van der Waals surface area contributed by atoms with E-state index in [4.69, 9.17) is 4.74 Å². The Hall–Kier alpha value is -2.16. The van der Waals surface area contributed by atoms with Crippen LogP contribution in [0.3, 0.4) is 0 Å². The lowest BCUT2D eigenvalue weighted by Gasteiger charge is -2.09. The summed E-state index contributed by atoms with van der Waals surface area (Å²) in [5.41, 5.74) is 2.54. The third kappa shape index (κ3) is 2.99. The van der Waals surface area contributed by atoms with E-state index in [2.05, 4.69) is 0 Å². The molecule has 0 saturated carbocycles. The van der Waals surface area contributed by atoms with E-state index in [-0.39, 0.29) is 11.5 Å². The maximum atomic E-state index is 9.69. The largest absolute Gasteiger partial charge is 0.508 e. The van der Waals surface area contributed by atoms with Gasteiger partial charge in [-0.2, -0.15) is 0 Å². The van der Waals surface area contributed by atoms with Crippen LogP contribution in [0.25, 0.3) is 0 Å². The highest BCUT2D eigenvalue weighted by Gasteiger charge is 2.07. The molecule has 0 aliphatic rings. The van der Waals surface area contributed by atoms with Crippen molar-refractivity contribution in [3.63, 3.8) is 0 Å². The zero-order valence-electron chi connectivity index (χ0n) is 11.2. The highest BCUT2D eigenvalue weighted by atomic mass is 16.5. The summed E-state index contributed by atoms with van der Waals surface area (Å²) in [6, 6.07) is 11.3. The molecule has 0 atom stereocenters. The van der Waals surface area contributed by atoms with Gasteiger partial charge in [0.1, 0.15) is 17.2 Å². The predicted octanol–water partition coefficient (Wildman–Crippen LogP) is 3.20. The van der Waals surface area contributed by atoms with E-state index in [1.165, 1.54) is 0 Å². The van der Waals surface area contributed by atoms with Gasteiger partial charge in [0.05, 0.1) is 7.11 Å². The van der Waals surface area contributed by atoms with Crippen molar-refractivity contribution in [2.75, 3.05) is 7.11 Å². The van der Waals surface area contributed by atoms with Crippen LogP contribution >= 0.6 is 0 Å². The number of benzene rings is 2. The molecule has 100 valence electrons. The van der Waals surface area contributed by atoms with Crippen molar-refractivity contribution in [1.29, 1.82) is 0 Å². The fraction of sp³-hybridized carbons (Fsp3) is 0.250. The van der Waals surface area contributed by atoms with Gasteiger partial charge >= 0.3 is 0 Å². The Bertz CT molecular complexity index is 553. The van der Waals surface area contributed by atoms with Crippen LogP contribution in [0.5, 0.6) is 17.2 Å². The first-order valence-electron chi connectivity index (χ1n) is 6.25. The molecule has 19 heavy (non-hydrogen) atoms. The van der Waals surface area contributed by atoms with Crippen molar-refractivity contribution < 1.29 is 14.9 Å². The number of rotatable bonds is 4. The molecule has 0 fully saturated rings. The van der Waals surface area contributed by atoms with Gasteiger partial charge in [0, 0.05) is 5.56 Å². The zero-order valence-corrected chi connectivity index (χ0v) is 11.2. The fourth-order valence-corrected chi connectivity index (χ4v) is 2.07. The van der Waals surface area contributed by atoms with Crippen LogP contribution in [0.1, 0.15) is 16.7 Å². The summed E-state index contributed by atoms with van der Waals surface area (Å²) < 4.78 is 5.30. The molecule has 0 unspecified atom stereocenters. The highest BCUT2D eigenvalue weighted by Crippen LogP contribution is 2.28. The summed E-state index contributed by atoms with van der Waals surface area (Å²) >= 11 is 0. The van der Waals surface area contributed by atoms with Gasteiger partial charge < -0.3 is 14.9 Å². The molecule has 0 spiro atoms. The molecular formula is C16H18O3. The molecule has 0 heterocycles. The molecule has 0 radical (unpaired) electrons. The van der Waals surface area contributed by atoms with Crippen molar-refractivity contribution in [1.82, 2.24) is 0 Å². The fourth-order valence-electron chi connectivity index (χ4n) is 2.07. The number of phenols is 2. The Balaban J connectivity index is 2.15. The molecule has 0 bridgehead atoms. The van der Waals surface area contributed by atoms with Crippen molar-refractivity contribution in [3.8, 4) is 17.2 Å². The standard InChI is InChI=1S/C16H18O3/c1-11-14(17)9-12(10-15(11)18)7-8-13-5-3-4-6-16(13)19-2/h3-6,9-10,17-18H,7-8H2,1-2H3. The lowest BCUT2D eigenvalue weighted by atomic mass is 10.0. The second-order valence-corrected chi connectivity index (χ2v) is 4.57. The van der Waals surface area contributed by atoms with E-state index in [1.54, 1.807) is 26.2 Å². The number of hydrogen-bond acceptors (Lipinski definition) is 3. The van der Waals surface area contributed by atoms with Gasteiger partial charge in [-0.15, -0.1) is 0 Å². The van der Waals surface area contributed by atoms with Crippen molar-refractivity contribution in [3.05, 3.63) is 53.1 Å². The van der Waals surface area contributed by atoms with Gasteiger partial charge in [-0.1, -0.05) is 18.2 Å². The Kier molecular flexibility index (Phi) is 3.95. The Labute approximate surface area is 113 Å². The highest BCUT2D eigenvalue weighted by molar-refractivity contribution is 5.46. The van der Waals surface area contributed by atoms with Crippen LogP contribution in [-0.2, 0) is 12.8 Å². The summed E-state index contributed by atoms with van der Waals surface area (Å²) in [7, 11) is 1.66. The van der Waals surface area contributed by atoms with E-state index in [1.807, 2.05) is 24.3 Å².